The molecule has 0 amide bonds. The number of aromatic nitrogens is 1. The number of hydrogen-bond acceptors (Lipinski definition) is 7. The molecule has 1 unspecified atom stereocenters. The van der Waals surface area contributed by atoms with Gasteiger partial charge in [0.2, 0.25) is 0 Å². The summed E-state index contributed by atoms with van der Waals surface area (Å²) in [7, 11) is 1.30. The van der Waals surface area contributed by atoms with Crippen LogP contribution >= 0.6 is 0 Å². The molecule has 8 heteroatoms. The molecule has 32 heavy (non-hydrogen) atoms. The minimum Gasteiger partial charge on any atom is -0.466 e. The smallest absolute Gasteiger partial charge is 0.338 e. The van der Waals surface area contributed by atoms with Crippen molar-refractivity contribution in [1.82, 2.24) is 15.2 Å². The Morgan fingerprint density at radius 2 is 2.00 bits per heavy atom. The van der Waals surface area contributed by atoms with E-state index < -0.39 is 17.3 Å². The van der Waals surface area contributed by atoms with E-state index in [4.69, 9.17) is 14.5 Å². The van der Waals surface area contributed by atoms with Gasteiger partial charge in [0.15, 0.2) is 11.4 Å². The molecule has 1 saturated heterocycles. The zero-order chi connectivity index (χ0) is 22.1. The van der Waals surface area contributed by atoms with Crippen molar-refractivity contribution >= 4 is 17.9 Å². The molecular formula is C24H23FN4O3. The molecule has 0 radical (unpaired) electrons. The van der Waals surface area contributed by atoms with Gasteiger partial charge in [-0.05, 0) is 29.3 Å². The Balaban J connectivity index is 1.73. The highest BCUT2D eigenvalue weighted by molar-refractivity contribution is 6.05. The first-order valence-electron chi connectivity index (χ1n) is 10.5. The number of aliphatic imine (C=N–C) groups is 1. The van der Waals surface area contributed by atoms with Gasteiger partial charge in [-0.3, -0.25) is 9.88 Å². The predicted molar refractivity (Wildman–Crippen MR) is 117 cm³/mol. The number of carbonyl (C=O) groups excluding carboxylic acids is 1. The van der Waals surface area contributed by atoms with Crippen molar-refractivity contribution in [2.75, 3.05) is 40.0 Å². The molecule has 1 N–H and O–H groups in total. The molecule has 2 aliphatic heterocycles. The molecule has 3 heterocycles. The van der Waals surface area contributed by atoms with Gasteiger partial charge in [0.05, 0.1) is 25.9 Å². The fraction of sp³-hybridized carbons (Fsp3) is 0.292. The number of morpholine rings is 1. The number of carbonyl (C=O) groups is 1. The van der Waals surface area contributed by atoms with Gasteiger partial charge in [0.1, 0.15) is 11.5 Å². The third-order valence-corrected chi connectivity index (χ3v) is 5.97. The number of amidine groups is 1. The number of benzene rings is 1. The summed E-state index contributed by atoms with van der Waals surface area (Å²) in [6.07, 6.45) is 3.09. The molecule has 2 aromatic rings. The second-order valence-corrected chi connectivity index (χ2v) is 7.82. The van der Waals surface area contributed by atoms with Crippen molar-refractivity contribution in [2.24, 2.45) is 4.99 Å². The SMILES string of the molecule is COC(=O)C1=C(CN2CCOCC2)NC(c2ccccn2)=NC12C(F)=Cc1ccccc12. The summed E-state index contributed by atoms with van der Waals surface area (Å²) >= 11 is 0. The number of methoxy groups -OCH3 is 1. The van der Waals surface area contributed by atoms with Crippen LogP contribution in [0.4, 0.5) is 4.39 Å². The van der Waals surface area contributed by atoms with Crippen molar-refractivity contribution in [3.05, 3.63) is 82.6 Å². The summed E-state index contributed by atoms with van der Waals surface area (Å²) in [6, 6.07) is 12.7. The molecule has 1 spiro atoms. The Morgan fingerprint density at radius 3 is 2.75 bits per heavy atom. The van der Waals surface area contributed by atoms with Gasteiger partial charge >= 0.3 is 5.97 Å². The minimum absolute atomic E-state index is 0.157. The number of nitrogens with one attached hydrogen (secondary N) is 1. The van der Waals surface area contributed by atoms with Crippen molar-refractivity contribution in [3.8, 4) is 0 Å². The fourth-order valence-corrected chi connectivity index (χ4v) is 4.46. The van der Waals surface area contributed by atoms with Crippen molar-refractivity contribution < 1.29 is 18.7 Å². The van der Waals surface area contributed by atoms with Gasteiger partial charge in [0.25, 0.3) is 0 Å². The second-order valence-electron chi connectivity index (χ2n) is 7.82. The maximum Gasteiger partial charge on any atom is 0.338 e. The lowest BCUT2D eigenvalue weighted by Crippen LogP contribution is -2.47. The molecule has 1 aliphatic carbocycles. The predicted octanol–water partition coefficient (Wildman–Crippen LogP) is 2.41. The van der Waals surface area contributed by atoms with Gasteiger partial charge in [-0.2, -0.15) is 0 Å². The summed E-state index contributed by atoms with van der Waals surface area (Å²) in [5.41, 5.74) is 0.936. The van der Waals surface area contributed by atoms with Crippen LogP contribution in [0.2, 0.25) is 0 Å². The molecule has 5 rings (SSSR count). The Labute approximate surface area is 185 Å². The van der Waals surface area contributed by atoms with Crippen LogP contribution in [-0.4, -0.2) is 61.6 Å². The molecular weight excluding hydrogens is 411 g/mol. The lowest BCUT2D eigenvalue weighted by atomic mass is 9.81. The van der Waals surface area contributed by atoms with Crippen LogP contribution in [0.25, 0.3) is 6.08 Å². The van der Waals surface area contributed by atoms with E-state index in [9.17, 15) is 4.79 Å². The topological polar surface area (TPSA) is 76.0 Å². The Morgan fingerprint density at radius 1 is 1.22 bits per heavy atom. The van der Waals surface area contributed by atoms with E-state index in [1.807, 2.05) is 24.3 Å². The number of nitrogens with zero attached hydrogens (tertiary/aromatic N) is 3. The number of ether oxygens (including phenoxy) is 2. The second kappa shape index (κ2) is 8.29. The van der Waals surface area contributed by atoms with Gasteiger partial charge in [-0.1, -0.05) is 30.3 Å². The molecule has 1 fully saturated rings. The van der Waals surface area contributed by atoms with Crippen LogP contribution in [-0.2, 0) is 19.8 Å². The zero-order valence-corrected chi connectivity index (χ0v) is 17.7. The highest BCUT2D eigenvalue weighted by Crippen LogP contribution is 2.51. The van der Waals surface area contributed by atoms with E-state index in [1.165, 1.54) is 13.2 Å². The highest BCUT2D eigenvalue weighted by atomic mass is 19.1. The van der Waals surface area contributed by atoms with E-state index in [-0.39, 0.29) is 5.57 Å². The number of rotatable bonds is 4. The number of hydrogen-bond donors (Lipinski definition) is 1. The van der Waals surface area contributed by atoms with Gasteiger partial charge in [-0.25, -0.2) is 14.2 Å². The third-order valence-electron chi connectivity index (χ3n) is 5.97. The Kier molecular flexibility index (Phi) is 5.32. The van der Waals surface area contributed by atoms with Crippen LogP contribution in [0, 0.1) is 0 Å². The molecule has 0 bridgehead atoms. The summed E-state index contributed by atoms with van der Waals surface area (Å²) in [6.45, 7) is 3.01. The van der Waals surface area contributed by atoms with Crippen LogP contribution in [0.5, 0.6) is 0 Å². The normalized spacial score (nSPS) is 22.8. The number of pyridine rings is 1. The molecule has 1 aromatic heterocycles. The van der Waals surface area contributed by atoms with Gasteiger partial charge in [-0.15, -0.1) is 0 Å². The summed E-state index contributed by atoms with van der Waals surface area (Å²) in [4.78, 5) is 24.5. The van der Waals surface area contributed by atoms with Crippen LogP contribution < -0.4 is 5.32 Å². The zero-order valence-electron chi connectivity index (χ0n) is 17.7. The van der Waals surface area contributed by atoms with Crippen LogP contribution in [0.1, 0.15) is 16.8 Å². The average molecular weight is 434 g/mol. The largest absolute Gasteiger partial charge is 0.466 e. The van der Waals surface area contributed by atoms with E-state index in [2.05, 4.69) is 15.2 Å². The van der Waals surface area contributed by atoms with Crippen LogP contribution in [0.15, 0.2) is 70.8 Å². The third kappa shape index (κ3) is 3.32. The van der Waals surface area contributed by atoms with E-state index in [0.717, 1.165) is 0 Å². The molecule has 7 nitrogen and oxygen atoms in total. The minimum atomic E-state index is -1.62. The van der Waals surface area contributed by atoms with E-state index in [1.54, 1.807) is 24.4 Å². The molecule has 1 aromatic carbocycles. The highest BCUT2D eigenvalue weighted by Gasteiger charge is 2.53. The summed E-state index contributed by atoms with van der Waals surface area (Å²) < 4.78 is 26.5. The number of fused-ring (bicyclic) bond motifs is 2. The number of esters is 1. The lowest BCUT2D eigenvalue weighted by Gasteiger charge is -2.37. The quantitative estimate of drug-likeness (QED) is 0.745. The first-order chi connectivity index (χ1) is 15.6. The molecule has 164 valence electrons. The summed E-state index contributed by atoms with van der Waals surface area (Å²) in [5.74, 6) is -0.736. The van der Waals surface area contributed by atoms with Gasteiger partial charge in [0, 0.05) is 31.5 Å². The van der Waals surface area contributed by atoms with Crippen LogP contribution in [0.3, 0.4) is 0 Å². The average Bonchev–Trinajstić information content (AvgIpc) is 3.11. The molecule has 0 saturated carbocycles. The van der Waals surface area contributed by atoms with E-state index in [0.29, 0.717) is 61.2 Å². The van der Waals surface area contributed by atoms with E-state index >= 15 is 4.39 Å². The van der Waals surface area contributed by atoms with Crippen molar-refractivity contribution in [3.63, 3.8) is 0 Å². The Hall–Kier alpha value is -3.36. The lowest BCUT2D eigenvalue weighted by molar-refractivity contribution is -0.137. The van der Waals surface area contributed by atoms with Crippen molar-refractivity contribution in [2.45, 2.75) is 5.54 Å². The molecule has 3 aliphatic rings. The fourth-order valence-electron chi connectivity index (χ4n) is 4.46. The standard InChI is InChI=1S/C24H23FN4O3/c1-31-23(30)21-19(15-29-10-12-32-13-11-29)27-22(18-8-4-5-9-26-18)28-24(21)17-7-3-2-6-16(17)14-20(24)25/h2-9,14H,10-13,15H2,1H3,(H,27,28). The molecule has 1 atom stereocenters. The number of halogens is 1. The maximum atomic E-state index is 15.9. The first kappa shape index (κ1) is 20.5. The first-order valence-corrected chi connectivity index (χ1v) is 10.5. The summed E-state index contributed by atoms with van der Waals surface area (Å²) in [5, 5.41) is 3.27. The van der Waals surface area contributed by atoms with Crippen molar-refractivity contribution in [1.29, 1.82) is 0 Å². The maximum absolute atomic E-state index is 15.9. The Bertz CT molecular complexity index is 1140. The monoisotopic (exact) mass is 434 g/mol. The van der Waals surface area contributed by atoms with Gasteiger partial charge < -0.3 is 14.8 Å².